The maximum absolute atomic E-state index is 17.1. The van der Waals surface area contributed by atoms with E-state index in [2.05, 4.69) is 31.9 Å². The van der Waals surface area contributed by atoms with Crippen LogP contribution in [0.1, 0.15) is 22.3 Å². The molecule has 188 valence electrons. The zero-order valence-corrected chi connectivity index (χ0v) is 23.4. The summed E-state index contributed by atoms with van der Waals surface area (Å²) in [5.74, 6) is 0. The topological polar surface area (TPSA) is 34.1 Å². The Morgan fingerprint density at radius 1 is 0.541 bits per heavy atom. The molecule has 4 rings (SSSR count). The van der Waals surface area contributed by atoms with E-state index in [0.29, 0.717) is 20.1 Å². The molecular weight excluding hydrogens is 622 g/mol. The van der Waals surface area contributed by atoms with Crippen LogP contribution in [0.15, 0.2) is 130 Å². The van der Waals surface area contributed by atoms with Gasteiger partial charge in [-0.3, -0.25) is 0 Å². The van der Waals surface area contributed by atoms with Gasteiger partial charge in [0.2, 0.25) is 9.84 Å². The van der Waals surface area contributed by atoms with Crippen LogP contribution in [0.5, 0.6) is 0 Å². The van der Waals surface area contributed by atoms with Crippen molar-refractivity contribution in [3.8, 4) is 0 Å². The normalized spacial score (nSPS) is 15.5. The van der Waals surface area contributed by atoms with Crippen molar-refractivity contribution < 1.29 is 17.2 Å². The van der Waals surface area contributed by atoms with E-state index in [1.54, 1.807) is 60.7 Å². The Kier molecular flexibility index (Phi) is 8.26. The van der Waals surface area contributed by atoms with Gasteiger partial charge in [0.25, 0.3) is 10.0 Å². The molecule has 4 aromatic carbocycles. The van der Waals surface area contributed by atoms with Crippen molar-refractivity contribution in [2.75, 3.05) is 0 Å². The summed E-state index contributed by atoms with van der Waals surface area (Å²) in [4.78, 5) is 0. The second-order valence-electron chi connectivity index (χ2n) is 8.30. The second kappa shape index (κ2) is 11.3. The van der Waals surface area contributed by atoms with Gasteiger partial charge in [0.1, 0.15) is 0 Å². The van der Waals surface area contributed by atoms with Gasteiger partial charge in [0.15, 0.2) is 0 Å². The predicted molar refractivity (Wildman–Crippen MR) is 154 cm³/mol. The van der Waals surface area contributed by atoms with Crippen LogP contribution in [0.25, 0.3) is 12.2 Å². The number of sulfone groups is 1. The summed E-state index contributed by atoms with van der Waals surface area (Å²) in [6.07, 6.45) is 4.51. The molecule has 0 aromatic heterocycles. The Bertz CT molecular complexity index is 1390. The van der Waals surface area contributed by atoms with Crippen LogP contribution in [0, 0.1) is 0 Å². The quantitative estimate of drug-likeness (QED) is 0.192. The molecule has 0 radical (unpaired) electrons. The smallest absolute Gasteiger partial charge is 0.221 e. The third-order valence-corrected chi connectivity index (χ3v) is 9.20. The average Bonchev–Trinajstić information content (AvgIpc) is 2.92. The van der Waals surface area contributed by atoms with Crippen molar-refractivity contribution in [2.45, 2.75) is 10.0 Å². The minimum Gasteiger partial charge on any atom is -0.221 e. The molecule has 0 bridgehead atoms. The molecule has 2 atom stereocenters. The lowest BCUT2D eigenvalue weighted by Crippen LogP contribution is -2.42. The zero-order chi connectivity index (χ0) is 26.5. The van der Waals surface area contributed by atoms with E-state index >= 15 is 8.78 Å². The van der Waals surface area contributed by atoms with Crippen molar-refractivity contribution in [3.63, 3.8) is 0 Å². The number of halogens is 4. The third kappa shape index (κ3) is 5.69. The minimum atomic E-state index is -5.27. The Morgan fingerprint density at radius 2 is 0.865 bits per heavy atom. The van der Waals surface area contributed by atoms with Gasteiger partial charge < -0.3 is 0 Å². The summed E-state index contributed by atoms with van der Waals surface area (Å²) in [6.45, 7) is 0. The summed E-state index contributed by atoms with van der Waals surface area (Å²) in [5, 5.41) is -6.40. The first-order valence-electron chi connectivity index (χ1n) is 11.3. The fraction of sp³-hybridized carbons (Fsp3) is 0.0667. The van der Waals surface area contributed by atoms with Crippen molar-refractivity contribution in [3.05, 3.63) is 153 Å². The molecule has 7 heteroatoms. The van der Waals surface area contributed by atoms with Crippen molar-refractivity contribution in [2.24, 2.45) is 0 Å². The van der Waals surface area contributed by atoms with Gasteiger partial charge in [-0.15, -0.1) is 0 Å². The van der Waals surface area contributed by atoms with E-state index < -0.39 is 19.8 Å². The Labute approximate surface area is 232 Å². The van der Waals surface area contributed by atoms with Crippen LogP contribution in [0.2, 0.25) is 0 Å². The summed E-state index contributed by atoms with van der Waals surface area (Å²) >= 11 is 6.58. The molecule has 0 fully saturated rings. The largest absolute Gasteiger partial charge is 0.258 e. The molecule has 0 spiro atoms. The summed E-state index contributed by atoms with van der Waals surface area (Å²) in [7, 11) is -5.27. The fourth-order valence-electron chi connectivity index (χ4n) is 3.79. The lowest BCUT2D eigenvalue weighted by molar-refractivity contribution is 0.283. The van der Waals surface area contributed by atoms with Crippen molar-refractivity contribution in [1.82, 2.24) is 0 Å². The molecule has 0 heterocycles. The van der Waals surface area contributed by atoms with Crippen molar-refractivity contribution >= 4 is 53.8 Å². The zero-order valence-electron chi connectivity index (χ0n) is 19.4. The first-order chi connectivity index (χ1) is 17.7. The van der Waals surface area contributed by atoms with E-state index in [9.17, 15) is 8.42 Å². The molecule has 4 aromatic rings. The molecule has 0 N–H and O–H groups in total. The Morgan fingerprint density at radius 3 is 1.19 bits per heavy atom. The number of benzene rings is 4. The van der Waals surface area contributed by atoms with Crippen LogP contribution >= 0.6 is 31.9 Å². The molecule has 0 aliphatic rings. The van der Waals surface area contributed by atoms with Gasteiger partial charge in [0, 0.05) is 20.1 Å². The molecule has 2 unspecified atom stereocenters. The van der Waals surface area contributed by atoms with Crippen LogP contribution in [0.3, 0.4) is 0 Å². The highest BCUT2D eigenvalue weighted by Crippen LogP contribution is 2.48. The number of hydrogen-bond donors (Lipinski definition) is 0. The molecule has 37 heavy (non-hydrogen) atoms. The molecule has 0 amide bonds. The van der Waals surface area contributed by atoms with Gasteiger partial charge >= 0.3 is 0 Å². The second-order valence-corrected chi connectivity index (χ2v) is 12.3. The van der Waals surface area contributed by atoms with Gasteiger partial charge in [-0.25, -0.2) is 17.2 Å². The number of hydrogen-bond acceptors (Lipinski definition) is 2. The fourth-order valence-corrected chi connectivity index (χ4v) is 6.14. The van der Waals surface area contributed by atoms with Crippen LogP contribution in [-0.4, -0.2) is 8.42 Å². The van der Waals surface area contributed by atoms with E-state index in [0.717, 1.165) is 12.2 Å². The van der Waals surface area contributed by atoms with Crippen LogP contribution in [-0.2, 0) is 19.8 Å². The molecule has 2 nitrogen and oxygen atoms in total. The number of alkyl halides is 2. The van der Waals surface area contributed by atoms with Crippen LogP contribution in [0.4, 0.5) is 8.78 Å². The van der Waals surface area contributed by atoms with E-state index in [1.165, 1.54) is 60.7 Å². The Balaban J connectivity index is 1.95. The van der Waals surface area contributed by atoms with Gasteiger partial charge in [0.05, 0.1) is 0 Å². The van der Waals surface area contributed by atoms with E-state index in [-0.39, 0.29) is 11.1 Å². The predicted octanol–water partition coefficient (Wildman–Crippen LogP) is 9.00. The lowest BCUT2D eigenvalue weighted by Gasteiger charge is -2.31. The molecule has 0 saturated carbocycles. The van der Waals surface area contributed by atoms with Crippen LogP contribution < -0.4 is 0 Å². The SMILES string of the molecule is O=S(=O)(C(F)(/C=C/c1ccccc1)c1ccc(Br)cc1)C(F)(/C=C/c1ccccc1)c1ccc(Br)cc1. The highest BCUT2D eigenvalue weighted by atomic mass is 79.9. The molecule has 0 aliphatic heterocycles. The third-order valence-electron chi connectivity index (χ3n) is 5.84. The standard InChI is InChI=1S/C30H22Br2F2O2S/c31-27-15-11-25(12-16-27)29(33,21-19-23-7-3-1-4-8-23)37(35,36)30(34,26-13-17-28(32)18-14-26)22-20-24-9-5-2-6-10-24/h1-22H/b21-19+,22-20+. The highest BCUT2D eigenvalue weighted by Gasteiger charge is 2.57. The summed E-state index contributed by atoms with van der Waals surface area (Å²) in [6, 6.07) is 28.8. The first kappa shape index (κ1) is 27.2. The van der Waals surface area contributed by atoms with Gasteiger partial charge in [-0.1, -0.05) is 129 Å². The van der Waals surface area contributed by atoms with Gasteiger partial charge in [-0.2, -0.15) is 0 Å². The average molecular weight is 644 g/mol. The first-order valence-corrected chi connectivity index (χ1v) is 14.4. The molecule has 0 saturated heterocycles. The van der Waals surface area contributed by atoms with E-state index in [4.69, 9.17) is 0 Å². The highest BCUT2D eigenvalue weighted by molar-refractivity contribution is 9.10. The molecular formula is C30H22Br2F2O2S. The molecule has 0 aliphatic carbocycles. The maximum atomic E-state index is 17.1. The Hall–Kier alpha value is -2.87. The number of rotatable bonds is 8. The maximum Gasteiger partial charge on any atom is 0.258 e. The van der Waals surface area contributed by atoms with Crippen molar-refractivity contribution in [1.29, 1.82) is 0 Å². The summed E-state index contributed by atoms with van der Waals surface area (Å²) in [5.41, 5.74) is 0.722. The monoisotopic (exact) mass is 642 g/mol. The van der Waals surface area contributed by atoms with E-state index in [1.807, 2.05) is 0 Å². The lowest BCUT2D eigenvalue weighted by atomic mass is 10.1. The minimum absolute atomic E-state index is 0.213. The summed E-state index contributed by atoms with van der Waals surface area (Å²) < 4.78 is 63.9. The van der Waals surface area contributed by atoms with Gasteiger partial charge in [-0.05, 0) is 47.5 Å².